The van der Waals surface area contributed by atoms with Crippen molar-refractivity contribution in [2.75, 3.05) is 13.1 Å². The van der Waals surface area contributed by atoms with E-state index >= 15 is 0 Å². The van der Waals surface area contributed by atoms with E-state index in [4.69, 9.17) is 5.73 Å². The third kappa shape index (κ3) is 3.85. The number of nitrogens with two attached hydrogens (primary N) is 1. The molecule has 2 aromatic rings. The first kappa shape index (κ1) is 17.2. The number of nitrogens with one attached hydrogen (secondary N) is 1. The summed E-state index contributed by atoms with van der Waals surface area (Å²) in [7, 11) is 0. The van der Waals surface area contributed by atoms with E-state index in [1.165, 1.54) is 16.3 Å². The molecule has 0 saturated carbocycles. The molecule has 0 spiro atoms. The minimum Gasteiger partial charge on any atom is -0.329 e. The minimum atomic E-state index is 0. The Morgan fingerprint density at radius 1 is 1.06 bits per heavy atom. The standard InChI is InChI=1S/C14H18N2.2ClH/c1-11(16-10-9-15)13-8-4-6-12-5-2-3-7-14(12)13;;/h2-8,11,16H,9-10,15H2,1H3;2*1H. The first-order valence-corrected chi connectivity index (χ1v) is 5.74. The second-order valence-electron chi connectivity index (χ2n) is 4.03. The van der Waals surface area contributed by atoms with Gasteiger partial charge in [-0.1, -0.05) is 42.5 Å². The maximum atomic E-state index is 5.51. The fourth-order valence-electron chi connectivity index (χ4n) is 2.04. The molecule has 0 aliphatic rings. The molecule has 100 valence electrons. The van der Waals surface area contributed by atoms with Crippen LogP contribution in [0.1, 0.15) is 18.5 Å². The molecule has 0 amide bonds. The van der Waals surface area contributed by atoms with E-state index in [9.17, 15) is 0 Å². The summed E-state index contributed by atoms with van der Waals surface area (Å²) in [5, 5.41) is 6.03. The van der Waals surface area contributed by atoms with Gasteiger partial charge in [0.1, 0.15) is 0 Å². The Kier molecular flexibility index (Phi) is 7.96. The molecule has 4 heteroatoms. The lowest BCUT2D eigenvalue weighted by molar-refractivity contribution is 0.585. The van der Waals surface area contributed by atoms with Crippen LogP contribution in [0.2, 0.25) is 0 Å². The number of benzene rings is 2. The molecule has 0 aromatic heterocycles. The highest BCUT2D eigenvalue weighted by molar-refractivity contribution is 5.86. The van der Waals surface area contributed by atoms with Crippen molar-refractivity contribution in [2.45, 2.75) is 13.0 Å². The van der Waals surface area contributed by atoms with Gasteiger partial charge in [0.2, 0.25) is 0 Å². The average molecular weight is 287 g/mol. The van der Waals surface area contributed by atoms with Crippen LogP contribution in [0.15, 0.2) is 42.5 Å². The molecule has 0 heterocycles. The molecule has 0 saturated heterocycles. The predicted molar refractivity (Wildman–Crippen MR) is 83.9 cm³/mol. The van der Waals surface area contributed by atoms with Gasteiger partial charge in [0, 0.05) is 19.1 Å². The van der Waals surface area contributed by atoms with E-state index in [2.05, 4.69) is 54.7 Å². The predicted octanol–water partition coefficient (Wildman–Crippen LogP) is 3.29. The Labute approximate surface area is 121 Å². The number of halogens is 2. The summed E-state index contributed by atoms with van der Waals surface area (Å²) in [5.41, 5.74) is 6.84. The molecule has 2 nitrogen and oxygen atoms in total. The van der Waals surface area contributed by atoms with Crippen LogP contribution in [0.25, 0.3) is 10.8 Å². The molecule has 2 aromatic carbocycles. The van der Waals surface area contributed by atoms with Crippen molar-refractivity contribution in [1.82, 2.24) is 5.32 Å². The van der Waals surface area contributed by atoms with E-state index in [-0.39, 0.29) is 24.8 Å². The van der Waals surface area contributed by atoms with Gasteiger partial charge in [-0.15, -0.1) is 24.8 Å². The Balaban J connectivity index is 0.00000144. The summed E-state index contributed by atoms with van der Waals surface area (Å²) >= 11 is 0. The number of rotatable bonds is 4. The smallest absolute Gasteiger partial charge is 0.0298 e. The molecule has 0 bridgehead atoms. The van der Waals surface area contributed by atoms with Gasteiger partial charge in [0.15, 0.2) is 0 Å². The molecule has 0 aliphatic carbocycles. The van der Waals surface area contributed by atoms with Crippen LogP contribution in [0.4, 0.5) is 0 Å². The summed E-state index contributed by atoms with van der Waals surface area (Å²) in [6.07, 6.45) is 0. The molecule has 1 unspecified atom stereocenters. The van der Waals surface area contributed by atoms with E-state index in [0.29, 0.717) is 12.6 Å². The average Bonchev–Trinajstić information content (AvgIpc) is 2.35. The van der Waals surface area contributed by atoms with Crippen LogP contribution < -0.4 is 11.1 Å². The maximum Gasteiger partial charge on any atom is 0.0298 e. The molecular formula is C14H20Cl2N2. The van der Waals surface area contributed by atoms with Crippen molar-refractivity contribution in [3.63, 3.8) is 0 Å². The number of hydrogen-bond donors (Lipinski definition) is 2. The van der Waals surface area contributed by atoms with Crippen LogP contribution in [0.3, 0.4) is 0 Å². The van der Waals surface area contributed by atoms with E-state index < -0.39 is 0 Å². The lowest BCUT2D eigenvalue weighted by Crippen LogP contribution is -2.25. The Morgan fingerprint density at radius 3 is 2.44 bits per heavy atom. The van der Waals surface area contributed by atoms with Crippen LogP contribution >= 0.6 is 24.8 Å². The Bertz CT molecular complexity index is 469. The maximum absolute atomic E-state index is 5.51. The molecule has 0 fully saturated rings. The lowest BCUT2D eigenvalue weighted by Gasteiger charge is -2.15. The zero-order valence-electron chi connectivity index (χ0n) is 10.4. The van der Waals surface area contributed by atoms with Gasteiger partial charge >= 0.3 is 0 Å². The van der Waals surface area contributed by atoms with E-state index in [0.717, 1.165) is 6.54 Å². The highest BCUT2D eigenvalue weighted by atomic mass is 35.5. The van der Waals surface area contributed by atoms with Gasteiger partial charge in [0.05, 0.1) is 0 Å². The first-order chi connectivity index (χ1) is 7.83. The van der Waals surface area contributed by atoms with Gasteiger partial charge in [-0.2, -0.15) is 0 Å². The van der Waals surface area contributed by atoms with Crippen molar-refractivity contribution in [1.29, 1.82) is 0 Å². The Morgan fingerprint density at radius 2 is 1.72 bits per heavy atom. The van der Waals surface area contributed by atoms with Crippen LogP contribution in [-0.4, -0.2) is 13.1 Å². The molecule has 0 aliphatic heterocycles. The number of fused-ring (bicyclic) bond motifs is 1. The molecular weight excluding hydrogens is 267 g/mol. The zero-order valence-corrected chi connectivity index (χ0v) is 12.1. The second kappa shape index (κ2) is 8.33. The van der Waals surface area contributed by atoms with Gasteiger partial charge in [0.25, 0.3) is 0 Å². The van der Waals surface area contributed by atoms with Gasteiger partial charge in [-0.3, -0.25) is 0 Å². The fraction of sp³-hybridized carbons (Fsp3) is 0.286. The van der Waals surface area contributed by atoms with Gasteiger partial charge in [-0.05, 0) is 23.3 Å². The van der Waals surface area contributed by atoms with Crippen LogP contribution in [0.5, 0.6) is 0 Å². The van der Waals surface area contributed by atoms with Gasteiger partial charge < -0.3 is 11.1 Å². The van der Waals surface area contributed by atoms with Crippen molar-refractivity contribution in [3.05, 3.63) is 48.0 Å². The molecule has 18 heavy (non-hydrogen) atoms. The first-order valence-electron chi connectivity index (χ1n) is 5.74. The number of hydrogen-bond acceptors (Lipinski definition) is 2. The van der Waals surface area contributed by atoms with Crippen molar-refractivity contribution in [3.8, 4) is 0 Å². The van der Waals surface area contributed by atoms with Gasteiger partial charge in [-0.25, -0.2) is 0 Å². The monoisotopic (exact) mass is 286 g/mol. The summed E-state index contributed by atoms with van der Waals surface area (Å²) in [6, 6.07) is 15.3. The van der Waals surface area contributed by atoms with Crippen molar-refractivity contribution < 1.29 is 0 Å². The largest absolute Gasteiger partial charge is 0.329 e. The van der Waals surface area contributed by atoms with E-state index in [1.807, 2.05) is 0 Å². The summed E-state index contributed by atoms with van der Waals surface area (Å²) < 4.78 is 0. The quantitative estimate of drug-likeness (QED) is 0.905. The topological polar surface area (TPSA) is 38.0 Å². The minimum absolute atomic E-state index is 0. The van der Waals surface area contributed by atoms with Crippen molar-refractivity contribution >= 4 is 35.6 Å². The third-order valence-electron chi connectivity index (χ3n) is 2.88. The summed E-state index contributed by atoms with van der Waals surface area (Å²) in [4.78, 5) is 0. The highest BCUT2D eigenvalue weighted by Crippen LogP contribution is 2.23. The molecule has 1 atom stereocenters. The fourth-order valence-corrected chi connectivity index (χ4v) is 2.04. The Hall–Kier alpha value is -0.800. The van der Waals surface area contributed by atoms with Crippen LogP contribution in [-0.2, 0) is 0 Å². The SMILES string of the molecule is CC(NCCN)c1cccc2ccccc12.Cl.Cl. The molecule has 0 radical (unpaired) electrons. The highest BCUT2D eigenvalue weighted by Gasteiger charge is 2.07. The van der Waals surface area contributed by atoms with Crippen molar-refractivity contribution in [2.24, 2.45) is 5.73 Å². The zero-order chi connectivity index (χ0) is 11.4. The third-order valence-corrected chi connectivity index (χ3v) is 2.88. The second-order valence-corrected chi connectivity index (χ2v) is 4.03. The van der Waals surface area contributed by atoms with E-state index in [1.54, 1.807) is 0 Å². The molecule has 3 N–H and O–H groups in total. The normalized spacial score (nSPS) is 11.4. The summed E-state index contributed by atoms with van der Waals surface area (Å²) in [6.45, 7) is 3.71. The van der Waals surface area contributed by atoms with Crippen LogP contribution in [0, 0.1) is 0 Å². The lowest BCUT2D eigenvalue weighted by atomic mass is 10.00. The summed E-state index contributed by atoms with van der Waals surface area (Å²) in [5.74, 6) is 0. The molecule has 2 rings (SSSR count).